The maximum atomic E-state index is 14.2. The number of hydrogen-bond donors (Lipinski definition) is 1. The molecular formula is C32H43N5O6. The van der Waals surface area contributed by atoms with Gasteiger partial charge in [0.1, 0.15) is 0 Å². The molecule has 1 N–H and O–H groups in total. The van der Waals surface area contributed by atoms with Crippen LogP contribution in [-0.4, -0.2) is 95.5 Å². The summed E-state index contributed by atoms with van der Waals surface area (Å²) in [5.74, 6) is -0.150. The number of Topliss-reactive ketones (excluding diaryl/α,β-unsaturated/α-hetero) is 1. The maximum Gasteiger partial charge on any atom is 0.410 e. The number of unbranched alkanes of at least 4 members (excludes halogenated alkanes) is 1. The Labute approximate surface area is 253 Å². The van der Waals surface area contributed by atoms with Crippen LogP contribution in [0.3, 0.4) is 0 Å². The lowest BCUT2D eigenvalue weighted by Crippen LogP contribution is -2.63. The fourth-order valence-corrected chi connectivity index (χ4v) is 6.26. The Morgan fingerprint density at radius 1 is 1.12 bits per heavy atom. The molecule has 2 aliphatic heterocycles. The molecular weight excluding hydrogens is 550 g/mol. The monoisotopic (exact) mass is 593 g/mol. The van der Waals surface area contributed by atoms with Gasteiger partial charge in [-0.2, -0.15) is 0 Å². The number of aromatic nitrogens is 1. The lowest BCUT2D eigenvalue weighted by atomic mass is 9.70. The first-order valence-electron chi connectivity index (χ1n) is 15.3. The van der Waals surface area contributed by atoms with Gasteiger partial charge in [-0.25, -0.2) is 9.59 Å². The van der Waals surface area contributed by atoms with Crippen molar-refractivity contribution in [2.75, 3.05) is 40.0 Å². The standard InChI is InChI=1S/C32H43N5O6/c1-24(26-11-4-3-5-12-26)37-29(43-37)28(38)27(13-6-7-17-34-30(39)35-18-20-42-21-19-35)36(31(40)41-2)32(14-9-15-32)22-25-10-8-16-33-23-25/h3-5,8,10-12,16,23-24,27,29H,6-7,9,13-15,17-22H2,1-2H3,(H,34,39)/t24-,27?,29+,37?/m1/s1. The van der Waals surface area contributed by atoms with Gasteiger partial charge in [-0.1, -0.05) is 36.4 Å². The average Bonchev–Trinajstić information content (AvgIpc) is 3.84. The minimum atomic E-state index is -0.746. The van der Waals surface area contributed by atoms with E-state index in [9.17, 15) is 14.4 Å². The van der Waals surface area contributed by atoms with Gasteiger partial charge in [-0.05, 0) is 69.1 Å². The fourth-order valence-electron chi connectivity index (χ4n) is 6.26. The Bertz CT molecular complexity index is 1220. The number of ketones is 1. The molecule has 2 aromatic rings. The highest BCUT2D eigenvalue weighted by molar-refractivity contribution is 5.92. The molecule has 0 radical (unpaired) electrons. The largest absolute Gasteiger partial charge is 0.453 e. The van der Waals surface area contributed by atoms with Crippen molar-refractivity contribution in [3.63, 3.8) is 0 Å². The summed E-state index contributed by atoms with van der Waals surface area (Å²) in [5, 5.41) is 4.69. The molecule has 11 heteroatoms. The number of amides is 3. The predicted molar refractivity (Wildman–Crippen MR) is 159 cm³/mol. The van der Waals surface area contributed by atoms with Crippen molar-refractivity contribution in [3.8, 4) is 0 Å². The Balaban J connectivity index is 1.31. The Morgan fingerprint density at radius 2 is 1.88 bits per heavy atom. The van der Waals surface area contributed by atoms with Gasteiger partial charge in [0.05, 0.1) is 37.9 Å². The number of rotatable bonds is 13. The number of ether oxygens (including phenoxy) is 2. The maximum absolute atomic E-state index is 14.2. The van der Waals surface area contributed by atoms with Crippen molar-refractivity contribution < 1.29 is 28.7 Å². The van der Waals surface area contributed by atoms with Crippen LogP contribution in [0.2, 0.25) is 0 Å². The lowest BCUT2D eigenvalue weighted by Gasteiger charge is -2.52. The van der Waals surface area contributed by atoms with Crippen LogP contribution in [0.15, 0.2) is 54.9 Å². The summed E-state index contributed by atoms with van der Waals surface area (Å²) in [5.41, 5.74) is 1.50. The van der Waals surface area contributed by atoms with Crippen molar-refractivity contribution >= 4 is 17.9 Å². The molecule has 1 saturated carbocycles. The summed E-state index contributed by atoms with van der Waals surface area (Å²) in [6.45, 7) is 4.73. The minimum absolute atomic E-state index is 0.103. The summed E-state index contributed by atoms with van der Waals surface area (Å²) >= 11 is 0. The summed E-state index contributed by atoms with van der Waals surface area (Å²) < 4.78 is 10.7. The SMILES string of the molecule is COC(=O)N(C(CCCCNC(=O)N1CCOCC1)C(=O)[C@@H]1ON1[C@H](C)c1ccccc1)C1(Cc2cccnc2)CCC1. The molecule has 1 aromatic heterocycles. The molecule has 1 aliphatic carbocycles. The van der Waals surface area contributed by atoms with E-state index in [2.05, 4.69) is 10.3 Å². The normalized spacial score (nSPS) is 22.0. The topological polar surface area (TPSA) is 117 Å². The zero-order chi connectivity index (χ0) is 30.2. The number of nitrogens with one attached hydrogen (secondary N) is 1. The molecule has 3 heterocycles. The molecule has 232 valence electrons. The third-order valence-corrected chi connectivity index (χ3v) is 8.86. The van der Waals surface area contributed by atoms with Gasteiger partial charge >= 0.3 is 12.1 Å². The van der Waals surface area contributed by atoms with Gasteiger partial charge in [0.25, 0.3) is 0 Å². The zero-order valence-corrected chi connectivity index (χ0v) is 25.2. The second kappa shape index (κ2) is 14.3. The predicted octanol–water partition coefficient (Wildman–Crippen LogP) is 4.10. The van der Waals surface area contributed by atoms with Crippen molar-refractivity contribution in [2.45, 2.75) is 75.7 Å². The molecule has 3 aliphatic rings. The third kappa shape index (κ3) is 7.34. The second-order valence-electron chi connectivity index (χ2n) is 11.6. The van der Waals surface area contributed by atoms with Gasteiger partial charge < -0.3 is 19.7 Å². The average molecular weight is 594 g/mol. The van der Waals surface area contributed by atoms with Crippen molar-refractivity contribution in [3.05, 3.63) is 66.0 Å². The van der Waals surface area contributed by atoms with Crippen molar-refractivity contribution in [1.29, 1.82) is 0 Å². The molecule has 0 bridgehead atoms. The molecule has 0 spiro atoms. The van der Waals surface area contributed by atoms with E-state index in [-0.39, 0.29) is 17.9 Å². The lowest BCUT2D eigenvalue weighted by molar-refractivity contribution is -0.130. The second-order valence-corrected chi connectivity index (χ2v) is 11.6. The Kier molecular flexibility index (Phi) is 10.3. The van der Waals surface area contributed by atoms with Crippen LogP contribution in [0.25, 0.3) is 0 Å². The number of carbonyl (C=O) groups excluding carboxylic acids is 3. The first-order chi connectivity index (χ1) is 20.9. The highest BCUT2D eigenvalue weighted by Gasteiger charge is 2.55. The number of urea groups is 1. The number of benzene rings is 1. The number of hydrogen-bond acceptors (Lipinski definition) is 8. The van der Waals surface area contributed by atoms with E-state index in [1.807, 2.05) is 55.6 Å². The molecule has 5 rings (SSSR count). The van der Waals surface area contributed by atoms with E-state index < -0.39 is 23.9 Å². The summed E-state index contributed by atoms with van der Waals surface area (Å²) in [6.07, 6.45) is 7.11. The van der Waals surface area contributed by atoms with Crippen molar-refractivity contribution in [2.24, 2.45) is 0 Å². The van der Waals surface area contributed by atoms with Gasteiger partial charge in [0.15, 0.2) is 0 Å². The number of pyridine rings is 1. The van der Waals surface area contributed by atoms with Gasteiger partial charge in [0.2, 0.25) is 12.0 Å². The number of nitrogens with zero attached hydrogens (tertiary/aromatic N) is 4. The van der Waals surface area contributed by atoms with Crippen LogP contribution in [0.5, 0.6) is 0 Å². The molecule has 2 saturated heterocycles. The van der Waals surface area contributed by atoms with Gasteiger partial charge in [0, 0.05) is 32.0 Å². The number of hydroxylamine groups is 2. The van der Waals surface area contributed by atoms with E-state index in [1.165, 1.54) is 7.11 Å². The van der Waals surface area contributed by atoms with Crippen LogP contribution < -0.4 is 5.32 Å². The summed E-state index contributed by atoms with van der Waals surface area (Å²) in [7, 11) is 1.37. The first kappa shape index (κ1) is 30.9. The highest BCUT2D eigenvalue weighted by Crippen LogP contribution is 2.44. The number of carbonyl (C=O) groups is 3. The smallest absolute Gasteiger partial charge is 0.410 e. The number of morpholine rings is 1. The quantitative estimate of drug-likeness (QED) is 0.273. The number of methoxy groups -OCH3 is 1. The van der Waals surface area contributed by atoms with E-state index >= 15 is 0 Å². The molecule has 3 amide bonds. The van der Waals surface area contributed by atoms with E-state index in [0.717, 1.165) is 30.4 Å². The summed E-state index contributed by atoms with van der Waals surface area (Å²) in [4.78, 5) is 53.9. The Morgan fingerprint density at radius 3 is 2.53 bits per heavy atom. The van der Waals surface area contributed by atoms with Crippen LogP contribution >= 0.6 is 0 Å². The van der Waals surface area contributed by atoms with E-state index in [1.54, 1.807) is 21.1 Å². The molecule has 11 nitrogen and oxygen atoms in total. The van der Waals surface area contributed by atoms with Crippen LogP contribution in [-0.2, 0) is 25.5 Å². The minimum Gasteiger partial charge on any atom is -0.453 e. The molecule has 2 unspecified atom stereocenters. The third-order valence-electron chi connectivity index (χ3n) is 8.86. The highest BCUT2D eigenvalue weighted by atomic mass is 16.8. The molecule has 3 fully saturated rings. The van der Waals surface area contributed by atoms with Crippen LogP contribution in [0.4, 0.5) is 9.59 Å². The Hall–Kier alpha value is -3.54. The molecule has 1 aromatic carbocycles. The van der Waals surface area contributed by atoms with E-state index in [0.29, 0.717) is 58.5 Å². The van der Waals surface area contributed by atoms with Crippen molar-refractivity contribution in [1.82, 2.24) is 25.2 Å². The van der Waals surface area contributed by atoms with Gasteiger partial charge in [-0.15, -0.1) is 5.06 Å². The molecule has 43 heavy (non-hydrogen) atoms. The van der Waals surface area contributed by atoms with Gasteiger partial charge in [-0.3, -0.25) is 19.5 Å². The van der Waals surface area contributed by atoms with E-state index in [4.69, 9.17) is 14.3 Å². The first-order valence-corrected chi connectivity index (χ1v) is 15.3. The fraction of sp³-hybridized carbons (Fsp3) is 0.562. The summed E-state index contributed by atoms with van der Waals surface area (Å²) in [6, 6.07) is 12.8. The zero-order valence-electron chi connectivity index (χ0n) is 25.2. The van der Waals surface area contributed by atoms with Crippen LogP contribution in [0, 0.1) is 0 Å². The molecule has 4 atom stereocenters. The van der Waals surface area contributed by atoms with Crippen LogP contribution in [0.1, 0.15) is 62.6 Å².